The summed E-state index contributed by atoms with van der Waals surface area (Å²) in [7, 11) is -2.10. The van der Waals surface area contributed by atoms with Gasteiger partial charge in [0.1, 0.15) is 18.7 Å². The Bertz CT molecular complexity index is 1070. The van der Waals surface area contributed by atoms with Crippen LogP contribution < -0.4 is 5.32 Å². The number of carbonyl (C=O) groups excluding carboxylic acids is 3. The highest BCUT2D eigenvalue weighted by Crippen LogP contribution is 2.44. The Hall–Kier alpha value is -3.13. The molecule has 1 aliphatic rings. The molecule has 194 valence electrons. The van der Waals surface area contributed by atoms with E-state index >= 15 is 0 Å². The number of ether oxygens (including phenoxy) is 1. The molecule has 2 aromatic carbocycles. The van der Waals surface area contributed by atoms with E-state index in [1.54, 1.807) is 13.8 Å². The summed E-state index contributed by atoms with van der Waals surface area (Å²) in [6, 6.07) is 14.7. The fourth-order valence-electron chi connectivity index (χ4n) is 4.59. The second kappa shape index (κ2) is 11.3. The molecule has 8 heteroatoms. The normalized spacial score (nSPS) is 14.4. The van der Waals surface area contributed by atoms with E-state index in [0.29, 0.717) is 6.54 Å². The van der Waals surface area contributed by atoms with E-state index in [1.807, 2.05) is 57.8 Å². The first-order valence-corrected chi connectivity index (χ1v) is 16.0. The molecule has 0 aromatic heterocycles. The van der Waals surface area contributed by atoms with Gasteiger partial charge in [0.05, 0.1) is 0 Å². The van der Waals surface area contributed by atoms with E-state index in [0.717, 1.165) is 22.3 Å². The van der Waals surface area contributed by atoms with Gasteiger partial charge in [-0.25, -0.2) is 4.79 Å². The topological polar surface area (TPSA) is 84.9 Å². The van der Waals surface area contributed by atoms with Crippen molar-refractivity contribution in [2.75, 3.05) is 13.2 Å². The molecule has 0 unspecified atom stereocenters. The predicted molar refractivity (Wildman–Crippen MR) is 143 cm³/mol. The fraction of sp³-hybridized carbons (Fsp3) is 0.464. The molecule has 1 aliphatic carbocycles. The summed E-state index contributed by atoms with van der Waals surface area (Å²) >= 11 is 0. The number of hydrogen-bond acceptors (Lipinski definition) is 5. The lowest BCUT2D eigenvalue weighted by atomic mass is 9.98. The van der Waals surface area contributed by atoms with Crippen molar-refractivity contribution >= 4 is 26.3 Å². The van der Waals surface area contributed by atoms with Gasteiger partial charge in [0, 0.05) is 12.5 Å². The molecule has 2 atom stereocenters. The van der Waals surface area contributed by atoms with Crippen molar-refractivity contribution in [2.45, 2.75) is 65.3 Å². The Kier molecular flexibility index (Phi) is 8.61. The SMILES string of the molecule is CCN(C(=O)[C@@H](NC(=O)OCC1c2ccccc2-c2ccccc21)C(C)C)[C@@H](C)C(=O)O[Si](C)(C)C. The maximum absolute atomic E-state index is 13.4. The van der Waals surface area contributed by atoms with Crippen molar-refractivity contribution in [3.05, 3.63) is 59.7 Å². The molecule has 0 bridgehead atoms. The van der Waals surface area contributed by atoms with Crippen LogP contribution in [-0.4, -0.2) is 56.4 Å². The number of alkyl carbamates (subject to hydrolysis) is 1. The first kappa shape index (κ1) is 27.5. The highest BCUT2D eigenvalue weighted by molar-refractivity contribution is 6.71. The molecule has 3 rings (SSSR count). The van der Waals surface area contributed by atoms with Crippen LogP contribution in [0.4, 0.5) is 4.79 Å². The number of nitrogens with zero attached hydrogens (tertiary/aromatic N) is 1. The third kappa shape index (κ3) is 6.16. The first-order chi connectivity index (χ1) is 16.9. The Morgan fingerprint density at radius 2 is 1.47 bits per heavy atom. The predicted octanol–water partition coefficient (Wildman–Crippen LogP) is 5.16. The van der Waals surface area contributed by atoms with Crippen LogP contribution in [0.2, 0.25) is 19.6 Å². The minimum atomic E-state index is -2.10. The molecule has 0 spiro atoms. The molecule has 0 aliphatic heterocycles. The van der Waals surface area contributed by atoms with Gasteiger partial charge in [0.25, 0.3) is 0 Å². The van der Waals surface area contributed by atoms with Gasteiger partial charge < -0.3 is 19.4 Å². The lowest BCUT2D eigenvalue weighted by Gasteiger charge is -2.33. The highest BCUT2D eigenvalue weighted by Gasteiger charge is 2.36. The van der Waals surface area contributed by atoms with E-state index in [2.05, 4.69) is 29.6 Å². The molecule has 7 nitrogen and oxygen atoms in total. The maximum Gasteiger partial charge on any atom is 0.407 e. The summed E-state index contributed by atoms with van der Waals surface area (Å²) < 4.78 is 11.3. The quantitative estimate of drug-likeness (QED) is 0.471. The third-order valence-corrected chi connectivity index (χ3v) is 7.20. The van der Waals surface area contributed by atoms with Crippen molar-refractivity contribution in [2.24, 2.45) is 5.92 Å². The zero-order valence-electron chi connectivity index (χ0n) is 22.3. The highest BCUT2D eigenvalue weighted by atomic mass is 28.4. The average molecular weight is 511 g/mol. The van der Waals surface area contributed by atoms with Crippen LogP contribution in [0.1, 0.15) is 44.7 Å². The summed E-state index contributed by atoms with van der Waals surface area (Å²) in [4.78, 5) is 40.4. The summed E-state index contributed by atoms with van der Waals surface area (Å²) in [6.45, 7) is 13.4. The van der Waals surface area contributed by atoms with Gasteiger partial charge in [0.15, 0.2) is 0 Å². The summed E-state index contributed by atoms with van der Waals surface area (Å²) in [5.41, 5.74) is 4.54. The average Bonchev–Trinajstić information content (AvgIpc) is 3.14. The molecule has 0 radical (unpaired) electrons. The van der Waals surface area contributed by atoms with Crippen molar-refractivity contribution in [3.63, 3.8) is 0 Å². The fourth-order valence-corrected chi connectivity index (χ4v) is 5.37. The van der Waals surface area contributed by atoms with Crippen molar-refractivity contribution in [1.82, 2.24) is 10.2 Å². The van der Waals surface area contributed by atoms with Crippen LogP contribution in [0, 0.1) is 5.92 Å². The number of nitrogens with one attached hydrogen (secondary N) is 1. The zero-order chi connectivity index (χ0) is 26.6. The minimum absolute atomic E-state index is 0.0696. The van der Waals surface area contributed by atoms with Crippen LogP contribution in [0.25, 0.3) is 11.1 Å². The van der Waals surface area contributed by atoms with Crippen LogP contribution in [0.5, 0.6) is 0 Å². The standard InChI is InChI=1S/C28H38N2O5Si/c1-8-30(19(4)27(32)35-36(5,6)7)26(31)25(18(2)3)29-28(33)34-17-24-22-15-11-9-13-20(22)21-14-10-12-16-23(21)24/h9-16,18-19,24-25H,8,17H2,1-7H3,(H,29,33)/t19-,25-/m0/s1. The number of fused-ring (bicyclic) bond motifs is 3. The van der Waals surface area contributed by atoms with Gasteiger partial charge in [-0.15, -0.1) is 0 Å². The summed E-state index contributed by atoms with van der Waals surface area (Å²) in [6.07, 6.45) is -0.655. The number of benzene rings is 2. The Labute approximate surface area is 215 Å². The zero-order valence-corrected chi connectivity index (χ0v) is 23.3. The molecule has 0 heterocycles. The summed E-state index contributed by atoms with van der Waals surface area (Å²) in [5.74, 6) is -1.03. The molecular weight excluding hydrogens is 472 g/mol. The van der Waals surface area contributed by atoms with Crippen molar-refractivity contribution in [1.29, 1.82) is 0 Å². The van der Waals surface area contributed by atoms with Gasteiger partial charge >= 0.3 is 12.1 Å². The second-order valence-corrected chi connectivity index (χ2v) is 15.0. The van der Waals surface area contributed by atoms with Gasteiger partial charge in [-0.3, -0.25) is 9.59 Å². The number of carbonyl (C=O) groups is 3. The number of hydrogen-bond donors (Lipinski definition) is 1. The molecule has 0 fully saturated rings. The molecule has 2 amide bonds. The van der Waals surface area contributed by atoms with Gasteiger partial charge in [-0.2, -0.15) is 0 Å². The van der Waals surface area contributed by atoms with E-state index in [4.69, 9.17) is 9.16 Å². The Morgan fingerprint density at radius 1 is 0.944 bits per heavy atom. The smallest absolute Gasteiger partial charge is 0.407 e. The maximum atomic E-state index is 13.4. The van der Waals surface area contributed by atoms with Gasteiger partial charge in [-0.05, 0) is 61.7 Å². The first-order valence-electron chi connectivity index (χ1n) is 12.6. The van der Waals surface area contributed by atoms with Crippen LogP contribution in [0.15, 0.2) is 48.5 Å². The second-order valence-electron chi connectivity index (χ2n) is 10.5. The lowest BCUT2D eigenvalue weighted by molar-refractivity contribution is -0.149. The largest absolute Gasteiger partial charge is 0.518 e. The van der Waals surface area contributed by atoms with Crippen LogP contribution in [0.3, 0.4) is 0 Å². The number of likely N-dealkylation sites (N-methyl/N-ethyl adjacent to an activating group) is 1. The number of rotatable bonds is 9. The van der Waals surface area contributed by atoms with Crippen molar-refractivity contribution < 1.29 is 23.5 Å². The summed E-state index contributed by atoms with van der Waals surface area (Å²) in [5, 5.41) is 2.75. The van der Waals surface area contributed by atoms with E-state index in [-0.39, 0.29) is 24.3 Å². The van der Waals surface area contributed by atoms with Crippen molar-refractivity contribution in [3.8, 4) is 11.1 Å². The van der Waals surface area contributed by atoms with Gasteiger partial charge in [0.2, 0.25) is 14.2 Å². The minimum Gasteiger partial charge on any atom is -0.518 e. The molecule has 36 heavy (non-hydrogen) atoms. The molecule has 0 saturated heterocycles. The van der Waals surface area contributed by atoms with E-state index < -0.39 is 32.5 Å². The molecule has 1 N–H and O–H groups in total. The van der Waals surface area contributed by atoms with E-state index in [1.165, 1.54) is 4.90 Å². The Balaban J connectivity index is 1.69. The third-order valence-electron chi connectivity index (χ3n) is 6.39. The van der Waals surface area contributed by atoms with E-state index in [9.17, 15) is 14.4 Å². The number of amides is 2. The lowest BCUT2D eigenvalue weighted by Crippen LogP contribution is -2.55. The van der Waals surface area contributed by atoms with Crippen LogP contribution >= 0.6 is 0 Å². The molecule has 0 saturated carbocycles. The monoisotopic (exact) mass is 510 g/mol. The Morgan fingerprint density at radius 3 is 1.94 bits per heavy atom. The van der Waals surface area contributed by atoms with Gasteiger partial charge in [-0.1, -0.05) is 62.4 Å². The van der Waals surface area contributed by atoms with Crippen LogP contribution in [-0.2, 0) is 18.8 Å². The molecule has 2 aromatic rings. The molecular formula is C28H38N2O5Si.